The zero-order valence-corrected chi connectivity index (χ0v) is 11.2. The van der Waals surface area contributed by atoms with Crippen molar-refractivity contribution in [3.8, 4) is 0 Å². The average molecular weight is 241 g/mol. The lowest BCUT2D eigenvalue weighted by Crippen LogP contribution is -2.28. The molecule has 1 N–H and O–H groups in total. The molecule has 0 saturated heterocycles. The van der Waals surface area contributed by atoms with Gasteiger partial charge in [-0.2, -0.15) is 0 Å². The molecule has 0 radical (unpaired) electrons. The molecule has 5 nitrogen and oxygen atoms in total. The third-order valence-electron chi connectivity index (χ3n) is 2.59. The Labute approximate surface area is 103 Å². The second-order valence-corrected chi connectivity index (χ2v) is 4.67. The number of nitrogens with zero attached hydrogens (tertiary/aromatic N) is 2. The minimum Gasteiger partial charge on any atom is -0.383 e. The Morgan fingerprint density at radius 1 is 1.41 bits per heavy atom. The average Bonchev–Trinajstić information content (AvgIpc) is 2.71. The summed E-state index contributed by atoms with van der Waals surface area (Å²) in [5.74, 6) is 0. The van der Waals surface area contributed by atoms with Crippen molar-refractivity contribution in [1.29, 1.82) is 0 Å². The predicted molar refractivity (Wildman–Crippen MR) is 66.9 cm³/mol. The van der Waals surface area contributed by atoms with Crippen molar-refractivity contribution in [1.82, 2.24) is 14.9 Å². The van der Waals surface area contributed by atoms with Crippen LogP contribution < -0.4 is 5.32 Å². The number of imidazole rings is 1. The quantitative estimate of drug-likeness (QED) is 0.691. The Kier molecular flexibility index (Phi) is 5.61. The molecule has 0 unspecified atom stereocenters. The van der Waals surface area contributed by atoms with E-state index in [1.807, 2.05) is 12.5 Å². The van der Waals surface area contributed by atoms with Gasteiger partial charge in [-0.05, 0) is 13.8 Å². The van der Waals surface area contributed by atoms with Gasteiger partial charge in [-0.3, -0.25) is 0 Å². The standard InChI is InChI=1S/C12H23N3O2/c1-12(2,17-4)9-15-8-11(14-10-15)7-13-5-6-16-3/h8,10,13H,5-7,9H2,1-4H3. The summed E-state index contributed by atoms with van der Waals surface area (Å²) in [7, 11) is 3.42. The highest BCUT2D eigenvalue weighted by Gasteiger charge is 2.16. The molecule has 0 aliphatic heterocycles. The first kappa shape index (κ1) is 14.2. The Morgan fingerprint density at radius 2 is 2.18 bits per heavy atom. The predicted octanol–water partition coefficient (Wildman–Crippen LogP) is 1.04. The van der Waals surface area contributed by atoms with Crippen LogP contribution in [0.4, 0.5) is 0 Å². The number of ether oxygens (including phenoxy) is 2. The molecule has 1 aromatic heterocycles. The van der Waals surface area contributed by atoms with E-state index in [1.165, 1.54) is 0 Å². The zero-order valence-electron chi connectivity index (χ0n) is 11.2. The fourth-order valence-electron chi connectivity index (χ4n) is 1.48. The van der Waals surface area contributed by atoms with E-state index in [0.29, 0.717) is 0 Å². The van der Waals surface area contributed by atoms with Gasteiger partial charge in [0.1, 0.15) is 0 Å². The summed E-state index contributed by atoms with van der Waals surface area (Å²) >= 11 is 0. The number of rotatable bonds is 8. The van der Waals surface area contributed by atoms with Crippen molar-refractivity contribution in [2.24, 2.45) is 0 Å². The van der Waals surface area contributed by atoms with Gasteiger partial charge in [0.25, 0.3) is 0 Å². The van der Waals surface area contributed by atoms with Crippen LogP contribution in [0.3, 0.4) is 0 Å². The first-order chi connectivity index (χ1) is 8.07. The molecule has 0 fully saturated rings. The molecular formula is C12H23N3O2. The number of hydrogen-bond donors (Lipinski definition) is 1. The van der Waals surface area contributed by atoms with Gasteiger partial charge in [0, 0.05) is 33.5 Å². The first-order valence-corrected chi connectivity index (χ1v) is 5.83. The van der Waals surface area contributed by atoms with Gasteiger partial charge in [0.2, 0.25) is 0 Å². The Balaban J connectivity index is 2.37. The number of methoxy groups -OCH3 is 2. The molecule has 0 aromatic carbocycles. The van der Waals surface area contributed by atoms with Gasteiger partial charge < -0.3 is 19.4 Å². The fraction of sp³-hybridized carbons (Fsp3) is 0.750. The van der Waals surface area contributed by atoms with Crippen molar-refractivity contribution in [2.45, 2.75) is 32.5 Å². The molecule has 0 aliphatic rings. The summed E-state index contributed by atoms with van der Waals surface area (Å²) < 4.78 is 12.4. The van der Waals surface area contributed by atoms with E-state index in [0.717, 1.165) is 31.9 Å². The van der Waals surface area contributed by atoms with Crippen LogP contribution in [0.15, 0.2) is 12.5 Å². The van der Waals surface area contributed by atoms with Crippen LogP contribution in [0, 0.1) is 0 Å². The van der Waals surface area contributed by atoms with Crippen molar-refractivity contribution >= 4 is 0 Å². The zero-order chi connectivity index (χ0) is 12.7. The van der Waals surface area contributed by atoms with Crippen LogP contribution in [0.5, 0.6) is 0 Å². The van der Waals surface area contributed by atoms with Crippen LogP contribution in [0.2, 0.25) is 0 Å². The minimum atomic E-state index is -0.165. The molecule has 17 heavy (non-hydrogen) atoms. The van der Waals surface area contributed by atoms with Crippen LogP contribution in [-0.4, -0.2) is 42.5 Å². The summed E-state index contributed by atoms with van der Waals surface area (Å²) in [6.45, 7) is 7.25. The van der Waals surface area contributed by atoms with E-state index in [2.05, 4.69) is 28.7 Å². The first-order valence-electron chi connectivity index (χ1n) is 5.83. The molecule has 1 aromatic rings. The van der Waals surface area contributed by atoms with E-state index in [4.69, 9.17) is 9.47 Å². The van der Waals surface area contributed by atoms with E-state index in [1.54, 1.807) is 14.2 Å². The molecule has 0 saturated carbocycles. The molecule has 98 valence electrons. The van der Waals surface area contributed by atoms with E-state index < -0.39 is 0 Å². The maximum Gasteiger partial charge on any atom is 0.0950 e. The third kappa shape index (κ3) is 5.30. The normalized spacial score (nSPS) is 12.0. The van der Waals surface area contributed by atoms with Crippen molar-refractivity contribution in [2.75, 3.05) is 27.4 Å². The second-order valence-electron chi connectivity index (χ2n) is 4.67. The summed E-state index contributed by atoms with van der Waals surface area (Å²) in [6.07, 6.45) is 3.88. The smallest absolute Gasteiger partial charge is 0.0950 e. The minimum absolute atomic E-state index is 0.165. The maximum atomic E-state index is 5.38. The Morgan fingerprint density at radius 3 is 2.82 bits per heavy atom. The Hall–Kier alpha value is -0.910. The Bertz CT molecular complexity index is 323. The largest absolute Gasteiger partial charge is 0.383 e. The van der Waals surface area contributed by atoms with Gasteiger partial charge >= 0.3 is 0 Å². The van der Waals surface area contributed by atoms with Crippen LogP contribution in [0.25, 0.3) is 0 Å². The highest BCUT2D eigenvalue weighted by Crippen LogP contribution is 2.11. The fourth-order valence-corrected chi connectivity index (χ4v) is 1.48. The topological polar surface area (TPSA) is 48.3 Å². The van der Waals surface area contributed by atoms with Gasteiger partial charge in [-0.1, -0.05) is 0 Å². The summed E-state index contributed by atoms with van der Waals surface area (Å²) in [4.78, 5) is 4.34. The van der Waals surface area contributed by atoms with Gasteiger partial charge in [-0.25, -0.2) is 4.98 Å². The number of nitrogens with one attached hydrogen (secondary N) is 1. The monoisotopic (exact) mass is 241 g/mol. The van der Waals surface area contributed by atoms with Crippen LogP contribution in [-0.2, 0) is 22.6 Å². The number of hydrogen-bond acceptors (Lipinski definition) is 4. The lowest BCUT2D eigenvalue weighted by molar-refractivity contribution is 0.00813. The molecule has 0 bridgehead atoms. The lowest BCUT2D eigenvalue weighted by Gasteiger charge is -2.22. The van der Waals surface area contributed by atoms with Crippen molar-refractivity contribution in [3.05, 3.63) is 18.2 Å². The van der Waals surface area contributed by atoms with Crippen molar-refractivity contribution in [3.63, 3.8) is 0 Å². The molecule has 0 atom stereocenters. The molecule has 5 heteroatoms. The lowest BCUT2D eigenvalue weighted by atomic mass is 10.1. The highest BCUT2D eigenvalue weighted by atomic mass is 16.5. The molecule has 1 heterocycles. The summed E-state index contributed by atoms with van der Waals surface area (Å²) in [6, 6.07) is 0. The molecule has 1 rings (SSSR count). The van der Waals surface area contributed by atoms with Gasteiger partial charge in [0.05, 0.1) is 30.8 Å². The SMILES string of the molecule is COCCNCc1cn(CC(C)(C)OC)cn1. The van der Waals surface area contributed by atoms with Crippen LogP contribution >= 0.6 is 0 Å². The maximum absolute atomic E-state index is 5.38. The second kappa shape index (κ2) is 6.74. The summed E-state index contributed by atoms with van der Waals surface area (Å²) in [5.41, 5.74) is 0.870. The van der Waals surface area contributed by atoms with Gasteiger partial charge in [0.15, 0.2) is 0 Å². The summed E-state index contributed by atoms with van der Waals surface area (Å²) in [5, 5.41) is 3.26. The van der Waals surface area contributed by atoms with Crippen LogP contribution in [0.1, 0.15) is 19.5 Å². The molecule has 0 aliphatic carbocycles. The van der Waals surface area contributed by atoms with E-state index >= 15 is 0 Å². The van der Waals surface area contributed by atoms with Crippen molar-refractivity contribution < 1.29 is 9.47 Å². The van der Waals surface area contributed by atoms with Gasteiger partial charge in [-0.15, -0.1) is 0 Å². The third-order valence-corrected chi connectivity index (χ3v) is 2.59. The highest BCUT2D eigenvalue weighted by molar-refractivity contribution is 4.97. The molecular weight excluding hydrogens is 218 g/mol. The molecule has 0 amide bonds. The van der Waals surface area contributed by atoms with E-state index in [-0.39, 0.29) is 5.60 Å². The van der Waals surface area contributed by atoms with E-state index in [9.17, 15) is 0 Å². The number of aromatic nitrogens is 2. The molecule has 0 spiro atoms.